The van der Waals surface area contributed by atoms with Gasteiger partial charge in [-0.25, -0.2) is 4.98 Å². The second-order valence-corrected chi connectivity index (χ2v) is 28.2. The van der Waals surface area contributed by atoms with Gasteiger partial charge in [-0.3, -0.25) is 9.55 Å². The summed E-state index contributed by atoms with van der Waals surface area (Å²) >= 11 is 0. The molecular weight excluding hydrogens is 949 g/mol. The van der Waals surface area contributed by atoms with Crippen LogP contribution in [0.15, 0.2) is 146 Å². The Labute approximate surface area is 469 Å². The Morgan fingerprint density at radius 1 is 0.410 bits per heavy atom. The van der Waals surface area contributed by atoms with Crippen LogP contribution in [0.1, 0.15) is 168 Å². The largest absolute Gasteiger partial charge is 0.507 e. The van der Waals surface area contributed by atoms with Crippen LogP contribution in [-0.2, 0) is 32.5 Å². The van der Waals surface area contributed by atoms with E-state index in [1.54, 1.807) is 18.2 Å². The van der Waals surface area contributed by atoms with E-state index in [0.29, 0.717) is 33.7 Å². The van der Waals surface area contributed by atoms with Crippen molar-refractivity contribution in [3.8, 4) is 62.0 Å². The molecule has 0 atom stereocenters. The molecule has 5 nitrogen and oxygen atoms in total. The van der Waals surface area contributed by atoms with E-state index >= 15 is 0 Å². The molecule has 0 fully saturated rings. The summed E-state index contributed by atoms with van der Waals surface area (Å²) in [4.78, 5) is 10.5. The van der Waals surface area contributed by atoms with Gasteiger partial charge in [-0.15, -0.1) is 0 Å². The number of benzene rings is 7. The van der Waals surface area contributed by atoms with Crippen LogP contribution in [0.5, 0.6) is 5.75 Å². The predicted octanol–water partition coefficient (Wildman–Crippen LogP) is 20.0. The minimum Gasteiger partial charge on any atom is -0.507 e. The van der Waals surface area contributed by atoms with Gasteiger partial charge in [-0.2, -0.15) is 0 Å². The van der Waals surface area contributed by atoms with Gasteiger partial charge in [0, 0.05) is 49.1 Å². The highest BCUT2D eigenvalue weighted by molar-refractivity contribution is 6.14. The van der Waals surface area contributed by atoms with Crippen LogP contribution in [-0.4, -0.2) is 24.2 Å². The number of aryl methyl sites for hydroxylation is 1. The normalized spacial score (nSPS) is 13.8. The fourth-order valence-corrected chi connectivity index (χ4v) is 10.9. The van der Waals surface area contributed by atoms with Crippen molar-refractivity contribution in [3.05, 3.63) is 185 Å². The highest BCUT2D eigenvalue weighted by Gasteiger charge is 2.29. The summed E-state index contributed by atoms with van der Waals surface area (Å²) < 4.78 is 31.4. The third kappa shape index (κ3) is 10.1. The Morgan fingerprint density at radius 2 is 0.936 bits per heavy atom. The van der Waals surface area contributed by atoms with Crippen molar-refractivity contribution in [1.29, 1.82) is 0 Å². The molecule has 10 aromatic rings. The quantitative estimate of drug-likeness (QED) is 0.181. The summed E-state index contributed by atoms with van der Waals surface area (Å²) in [6.07, 6.45) is 1.86. The number of phenolic OH excluding ortho intramolecular Hbond substituents is 1. The van der Waals surface area contributed by atoms with Crippen LogP contribution < -0.4 is 0 Å². The first-order valence-corrected chi connectivity index (χ1v) is 27.9. The third-order valence-electron chi connectivity index (χ3n) is 15.9. The first-order valence-electron chi connectivity index (χ1n) is 29.4. The molecule has 400 valence electrons. The lowest BCUT2D eigenvalue weighted by atomic mass is 9.80. The van der Waals surface area contributed by atoms with Gasteiger partial charge in [0.1, 0.15) is 11.6 Å². The Morgan fingerprint density at radius 3 is 1.50 bits per heavy atom. The molecule has 5 heteroatoms. The van der Waals surface area contributed by atoms with Crippen LogP contribution in [0.4, 0.5) is 0 Å². The van der Waals surface area contributed by atoms with E-state index < -0.39 is 6.85 Å². The van der Waals surface area contributed by atoms with Crippen molar-refractivity contribution in [2.45, 2.75) is 164 Å². The van der Waals surface area contributed by atoms with Crippen LogP contribution in [0.2, 0.25) is 0 Å². The standard InChI is InChI=1S/C73H82N4O/c1-44-31-46(56-24-22-25-63-65(56)75-67(57-23-20-21-26-64(57)78)77(63)55-39-51(71(11,12)13)36-52(40-55)72(14,15)16)33-47(32-44)61-34-45(29-30-74-61)58-42-53(73(17,18)19)43-60-59-41-48(68(2,3)4)27-28-62(59)76(66(58)60)54-37-49(69(5,6)7)35-50(38-54)70(8,9)10/h20-43,78H,1-19H3/i1D3. The molecule has 10 rings (SSSR count). The number of imidazole rings is 1. The van der Waals surface area contributed by atoms with E-state index in [2.05, 4.69) is 225 Å². The molecule has 0 bridgehead atoms. The molecule has 0 saturated heterocycles. The minimum absolute atomic E-state index is 0.0757. The topological polar surface area (TPSA) is 55.9 Å². The number of rotatable bonds is 6. The number of pyridine rings is 1. The van der Waals surface area contributed by atoms with Crippen LogP contribution in [0.3, 0.4) is 0 Å². The molecule has 0 aliphatic rings. The Hall–Kier alpha value is -7.24. The van der Waals surface area contributed by atoms with Gasteiger partial charge in [0.2, 0.25) is 0 Å². The van der Waals surface area contributed by atoms with Gasteiger partial charge in [0.15, 0.2) is 0 Å². The molecule has 0 aliphatic heterocycles. The molecule has 3 heterocycles. The SMILES string of the molecule is [2H]C([2H])([2H])c1cc(-c2cc(-c3cc(C(C)(C)C)cc4c5cc(C(C)(C)C)ccc5n(-c5cc(C(C)(C)C)cc(C(C)(C)C)c5)c34)ccn2)cc(-c2cccc3c2nc(-c2ccccc2O)n3-c2cc(C(C)(C)C)cc(C(C)(C)C)c2)c1. The summed E-state index contributed by atoms with van der Waals surface area (Å²) in [7, 11) is 0. The van der Waals surface area contributed by atoms with Gasteiger partial charge >= 0.3 is 0 Å². The summed E-state index contributed by atoms with van der Waals surface area (Å²) in [6.45, 7) is 38.4. The van der Waals surface area contributed by atoms with Crippen LogP contribution >= 0.6 is 0 Å². The van der Waals surface area contributed by atoms with E-state index in [1.165, 1.54) is 44.2 Å². The highest BCUT2D eigenvalue weighted by atomic mass is 16.3. The maximum Gasteiger partial charge on any atom is 0.149 e. The number of aromatic nitrogens is 4. The van der Waals surface area contributed by atoms with E-state index in [0.717, 1.165) is 44.6 Å². The fraction of sp³-hybridized carbons (Fsp3) is 0.342. The van der Waals surface area contributed by atoms with Crippen molar-refractivity contribution < 1.29 is 9.22 Å². The van der Waals surface area contributed by atoms with Crippen molar-refractivity contribution in [2.75, 3.05) is 0 Å². The lowest BCUT2D eigenvalue weighted by Crippen LogP contribution is -2.17. The first-order chi connectivity index (χ1) is 37.5. The number of hydrogen-bond acceptors (Lipinski definition) is 3. The first kappa shape index (κ1) is 50.3. The third-order valence-corrected chi connectivity index (χ3v) is 15.9. The maximum absolute atomic E-state index is 11.5. The molecule has 78 heavy (non-hydrogen) atoms. The monoisotopic (exact) mass is 1030 g/mol. The highest BCUT2D eigenvalue weighted by Crippen LogP contribution is 2.46. The number of hydrogen-bond donors (Lipinski definition) is 1. The molecule has 0 aliphatic carbocycles. The molecule has 0 amide bonds. The van der Waals surface area contributed by atoms with Gasteiger partial charge in [0.05, 0.1) is 33.3 Å². The smallest absolute Gasteiger partial charge is 0.149 e. The fourth-order valence-electron chi connectivity index (χ4n) is 10.9. The van der Waals surface area contributed by atoms with Crippen LogP contribution in [0, 0.1) is 6.85 Å². The minimum atomic E-state index is -2.44. The van der Waals surface area contributed by atoms with Crippen molar-refractivity contribution in [3.63, 3.8) is 0 Å². The molecule has 0 saturated carbocycles. The molecule has 3 aromatic heterocycles. The zero-order valence-corrected chi connectivity index (χ0v) is 49.6. The summed E-state index contributed by atoms with van der Waals surface area (Å²) in [6, 6.07) is 49.0. The second-order valence-electron chi connectivity index (χ2n) is 28.2. The predicted molar refractivity (Wildman–Crippen MR) is 334 cm³/mol. The van der Waals surface area contributed by atoms with E-state index in [1.807, 2.05) is 36.5 Å². The zero-order valence-electron chi connectivity index (χ0n) is 52.6. The number of phenols is 1. The number of aromatic hydroxyl groups is 1. The number of fused-ring (bicyclic) bond motifs is 4. The zero-order chi connectivity index (χ0) is 58.9. The van der Waals surface area contributed by atoms with Crippen molar-refractivity contribution in [2.24, 2.45) is 0 Å². The van der Waals surface area contributed by atoms with Crippen LogP contribution in [0.25, 0.3) is 89.1 Å². The second kappa shape index (κ2) is 18.7. The summed E-state index contributed by atoms with van der Waals surface area (Å²) in [5, 5.41) is 13.9. The lowest BCUT2D eigenvalue weighted by Gasteiger charge is -2.27. The van der Waals surface area contributed by atoms with Gasteiger partial charge in [-0.05, 0) is 180 Å². The molecule has 0 radical (unpaired) electrons. The average molecular weight is 1030 g/mol. The van der Waals surface area contributed by atoms with Crippen molar-refractivity contribution >= 4 is 32.8 Å². The molecule has 7 aromatic carbocycles. The van der Waals surface area contributed by atoms with Gasteiger partial charge in [-0.1, -0.05) is 173 Å². The average Bonchev–Trinajstić information content (AvgIpc) is 3.99. The van der Waals surface area contributed by atoms with Gasteiger partial charge in [0.25, 0.3) is 0 Å². The Balaban J connectivity index is 1.24. The van der Waals surface area contributed by atoms with E-state index in [9.17, 15) is 5.11 Å². The Bertz CT molecular complexity index is 4040. The van der Waals surface area contributed by atoms with Crippen molar-refractivity contribution in [1.82, 2.24) is 19.1 Å². The Kier molecular flexibility index (Phi) is 12.1. The lowest BCUT2D eigenvalue weighted by molar-refractivity contribution is 0.477. The maximum atomic E-state index is 11.5. The summed E-state index contributed by atoms with van der Waals surface area (Å²) in [5.41, 5.74) is 18.0. The molecule has 1 N–H and O–H groups in total. The van der Waals surface area contributed by atoms with E-state index in [-0.39, 0.29) is 43.8 Å². The van der Waals surface area contributed by atoms with Gasteiger partial charge < -0.3 is 9.67 Å². The number of nitrogens with zero attached hydrogens (tertiary/aromatic N) is 4. The molecule has 0 spiro atoms. The molecular formula is C73H82N4O. The summed E-state index contributed by atoms with van der Waals surface area (Å²) in [5.74, 6) is 0.698. The van der Waals surface area contributed by atoms with E-state index in [4.69, 9.17) is 14.1 Å². The number of para-hydroxylation sites is 2. The molecule has 0 unspecified atom stereocenters.